The number of Topliss-reactive ketones (excluding diaryl/α,β-unsaturated/α-hetero) is 1. The lowest BCUT2D eigenvalue weighted by atomic mass is 9.83. The molecular formula is C27H33N2O5S+. The number of hydrogen-bond acceptors (Lipinski definition) is 6. The van der Waals surface area contributed by atoms with Crippen molar-refractivity contribution < 1.29 is 28.1 Å². The number of fused-ring (bicyclic) bond motifs is 1. The number of cyclic esters (lactones) is 1. The van der Waals surface area contributed by atoms with Crippen molar-refractivity contribution in [1.82, 2.24) is 0 Å². The number of thiol groups is 1. The predicted octanol–water partition coefficient (Wildman–Crippen LogP) is 6.69. The van der Waals surface area contributed by atoms with E-state index >= 15 is 0 Å². The lowest BCUT2D eigenvalue weighted by Gasteiger charge is -2.32. The van der Waals surface area contributed by atoms with Gasteiger partial charge in [-0.2, -0.15) is 4.28 Å². The summed E-state index contributed by atoms with van der Waals surface area (Å²) in [6.07, 6.45) is 7.98. The Morgan fingerprint density at radius 2 is 1.97 bits per heavy atom. The van der Waals surface area contributed by atoms with Gasteiger partial charge in [0.15, 0.2) is 5.78 Å². The van der Waals surface area contributed by atoms with Crippen LogP contribution in [0, 0.1) is 0 Å². The van der Waals surface area contributed by atoms with Crippen LogP contribution >= 0.6 is 12.9 Å². The zero-order valence-corrected chi connectivity index (χ0v) is 21.4. The van der Waals surface area contributed by atoms with E-state index in [0.29, 0.717) is 41.6 Å². The first-order valence-electron chi connectivity index (χ1n) is 12.1. The molecule has 2 aromatic rings. The van der Waals surface area contributed by atoms with Gasteiger partial charge in [-0.15, -0.1) is 0 Å². The maximum atomic E-state index is 12.4. The number of anilines is 1. The lowest BCUT2D eigenvalue weighted by molar-refractivity contribution is -0.672. The average molecular weight is 498 g/mol. The number of amides is 1. The molecule has 0 spiro atoms. The van der Waals surface area contributed by atoms with Crippen LogP contribution in [0.1, 0.15) is 86.7 Å². The fourth-order valence-electron chi connectivity index (χ4n) is 4.88. The monoisotopic (exact) mass is 497 g/mol. The molecule has 1 aliphatic carbocycles. The second kappa shape index (κ2) is 10.7. The summed E-state index contributed by atoms with van der Waals surface area (Å²) in [5, 5.41) is 2.71. The van der Waals surface area contributed by atoms with E-state index in [-0.39, 0.29) is 5.78 Å². The Kier molecular flexibility index (Phi) is 7.69. The van der Waals surface area contributed by atoms with Crippen molar-refractivity contribution in [3.8, 4) is 5.75 Å². The summed E-state index contributed by atoms with van der Waals surface area (Å²) < 4.78 is 18.1. The second-order valence-corrected chi connectivity index (χ2v) is 9.79. The van der Waals surface area contributed by atoms with Gasteiger partial charge in [-0.1, -0.05) is 25.3 Å². The van der Waals surface area contributed by atoms with Gasteiger partial charge in [0.2, 0.25) is 6.21 Å². The molecule has 0 aromatic heterocycles. The number of hydrogen-bond donors (Lipinski definition) is 2. The highest BCUT2D eigenvalue weighted by Gasteiger charge is 2.33. The minimum absolute atomic E-state index is 0.0105. The molecule has 0 atom stereocenters. The van der Waals surface area contributed by atoms with Crippen LogP contribution in [0.25, 0.3) is 0 Å². The van der Waals surface area contributed by atoms with Crippen LogP contribution in [-0.2, 0) is 14.6 Å². The Hall–Kier alpha value is -3.00. The molecule has 7 nitrogen and oxygen atoms in total. The van der Waals surface area contributed by atoms with Crippen LogP contribution in [0.15, 0.2) is 36.4 Å². The van der Waals surface area contributed by atoms with Gasteiger partial charge in [-0.25, -0.2) is 4.79 Å². The molecule has 1 N–H and O–H groups in total. The third kappa shape index (κ3) is 5.81. The molecule has 0 unspecified atom stereocenters. The molecular weight excluding hydrogens is 464 g/mol. The fourth-order valence-corrected chi connectivity index (χ4v) is 5.04. The van der Waals surface area contributed by atoms with Crippen molar-refractivity contribution in [2.24, 2.45) is 0 Å². The minimum atomic E-state index is -0.743. The number of ketones is 1. The standard InChI is InChI=1S/C27H32N2O5S/c1-18(30)22-16-20(19-8-5-4-6-9-19)10-13-25(22)29(34-35)14-7-15-32-21-11-12-24-23(17-21)27(2,3)33-26(31)28-24/h10-14,16-17,19H,4-9,15H2,1-3H3,(H-,28,31,35)/p+1. The summed E-state index contributed by atoms with van der Waals surface area (Å²) in [4.78, 5) is 24.1. The quantitative estimate of drug-likeness (QED) is 0.0808. The van der Waals surface area contributed by atoms with Crippen LogP contribution in [0.3, 0.4) is 0 Å². The highest BCUT2D eigenvalue weighted by molar-refractivity contribution is 7.74. The van der Waals surface area contributed by atoms with Crippen molar-refractivity contribution in [1.29, 1.82) is 0 Å². The van der Waals surface area contributed by atoms with Gasteiger partial charge in [-0.05, 0) is 69.4 Å². The molecule has 186 valence electrons. The zero-order chi connectivity index (χ0) is 25.0. The number of nitrogens with one attached hydrogen (secondary N) is 1. The number of nitrogens with zero attached hydrogens (tertiary/aromatic N) is 1. The van der Waals surface area contributed by atoms with Crippen LogP contribution in [-0.4, -0.2) is 29.4 Å². The molecule has 1 saturated carbocycles. The Labute approximate surface area is 212 Å². The Balaban J connectivity index is 1.45. The summed E-state index contributed by atoms with van der Waals surface area (Å²) in [5.74, 6) is 1.17. The van der Waals surface area contributed by atoms with E-state index in [9.17, 15) is 9.59 Å². The normalized spacial score (nSPS) is 17.7. The van der Waals surface area contributed by atoms with Crippen LogP contribution in [0.5, 0.6) is 5.75 Å². The molecule has 35 heavy (non-hydrogen) atoms. The molecule has 0 radical (unpaired) electrons. The van der Waals surface area contributed by atoms with Crippen LogP contribution < -0.4 is 10.1 Å². The van der Waals surface area contributed by atoms with Crippen LogP contribution in [0.4, 0.5) is 16.2 Å². The first-order valence-corrected chi connectivity index (χ1v) is 12.5. The van der Waals surface area contributed by atoms with E-state index in [0.717, 1.165) is 5.56 Å². The first-order chi connectivity index (χ1) is 16.8. The Morgan fingerprint density at radius 3 is 2.69 bits per heavy atom. The van der Waals surface area contributed by atoms with Gasteiger partial charge < -0.3 is 9.47 Å². The molecule has 0 saturated heterocycles. The van der Waals surface area contributed by atoms with Gasteiger partial charge in [-0.3, -0.25) is 10.1 Å². The first kappa shape index (κ1) is 25.1. The SMILES string of the molecule is CC(=O)c1cc(C2CCCCC2)ccc1[N+](=CCCOc1ccc2c(c1)C(C)(C)OC(=O)N2)OS. The van der Waals surface area contributed by atoms with E-state index in [1.807, 2.05) is 44.2 Å². The summed E-state index contributed by atoms with van der Waals surface area (Å²) >= 11 is 4.02. The summed E-state index contributed by atoms with van der Waals surface area (Å²) in [5.41, 5.74) is 3.33. The van der Waals surface area contributed by atoms with Gasteiger partial charge in [0.25, 0.3) is 5.69 Å². The highest BCUT2D eigenvalue weighted by Crippen LogP contribution is 2.38. The predicted molar refractivity (Wildman–Crippen MR) is 138 cm³/mol. The molecule has 8 heteroatoms. The number of rotatable bonds is 8. The van der Waals surface area contributed by atoms with Gasteiger partial charge >= 0.3 is 6.09 Å². The fraction of sp³-hybridized carbons (Fsp3) is 0.444. The Bertz CT molecular complexity index is 1140. The number of benzene rings is 2. The van der Waals surface area contributed by atoms with Crippen molar-refractivity contribution in [3.63, 3.8) is 0 Å². The second-order valence-electron chi connectivity index (χ2n) is 9.63. The van der Waals surface area contributed by atoms with Crippen LogP contribution in [0.2, 0.25) is 0 Å². The van der Waals surface area contributed by atoms with Gasteiger partial charge in [0.1, 0.15) is 24.3 Å². The highest BCUT2D eigenvalue weighted by atomic mass is 32.1. The van der Waals surface area contributed by atoms with Gasteiger partial charge in [0, 0.05) is 16.4 Å². The maximum Gasteiger partial charge on any atom is 0.412 e. The largest absolute Gasteiger partial charge is 0.493 e. The van der Waals surface area contributed by atoms with Crippen molar-refractivity contribution in [3.05, 3.63) is 53.1 Å². The molecule has 1 heterocycles. The van der Waals surface area contributed by atoms with Crippen molar-refractivity contribution in [2.75, 3.05) is 11.9 Å². The summed E-state index contributed by atoms with van der Waals surface area (Å²) in [7, 11) is 0. The van der Waals surface area contributed by atoms with E-state index < -0.39 is 11.7 Å². The zero-order valence-electron chi connectivity index (χ0n) is 20.5. The molecule has 2 aromatic carbocycles. The third-order valence-corrected chi connectivity index (χ3v) is 6.88. The van der Waals surface area contributed by atoms with E-state index in [4.69, 9.17) is 13.8 Å². The number of carbonyl (C=O) groups is 2. The Morgan fingerprint density at radius 1 is 1.20 bits per heavy atom. The smallest absolute Gasteiger partial charge is 0.412 e. The molecule has 1 amide bonds. The van der Waals surface area contributed by atoms with E-state index in [1.165, 1.54) is 42.4 Å². The van der Waals surface area contributed by atoms with E-state index in [1.54, 1.807) is 13.1 Å². The molecule has 2 aliphatic rings. The van der Waals surface area contributed by atoms with Crippen molar-refractivity contribution in [2.45, 2.75) is 70.8 Å². The summed E-state index contributed by atoms with van der Waals surface area (Å²) in [6.45, 7) is 5.65. The number of ether oxygens (including phenoxy) is 2. The van der Waals surface area contributed by atoms with Crippen molar-refractivity contribution >= 4 is 42.4 Å². The molecule has 1 aliphatic heterocycles. The topological polar surface area (TPSA) is 76.9 Å². The molecule has 0 bridgehead atoms. The molecule has 1 fully saturated rings. The lowest BCUT2D eigenvalue weighted by Crippen LogP contribution is -2.34. The average Bonchev–Trinajstić information content (AvgIpc) is 2.84. The van der Waals surface area contributed by atoms with E-state index in [2.05, 4.69) is 24.3 Å². The summed E-state index contributed by atoms with van der Waals surface area (Å²) in [6, 6.07) is 11.5. The maximum absolute atomic E-state index is 12.4. The third-order valence-electron chi connectivity index (χ3n) is 6.71. The molecule has 4 rings (SSSR count). The van der Waals surface area contributed by atoms with Gasteiger partial charge in [0.05, 0.1) is 24.3 Å². The number of carbonyl (C=O) groups excluding carboxylic acids is 2. The minimum Gasteiger partial charge on any atom is -0.493 e.